The van der Waals surface area contributed by atoms with Crippen LogP contribution >= 0.6 is 0 Å². The van der Waals surface area contributed by atoms with Crippen molar-refractivity contribution in [3.63, 3.8) is 0 Å². The summed E-state index contributed by atoms with van der Waals surface area (Å²) in [5.41, 5.74) is 7.41. The zero-order chi connectivity index (χ0) is 13.2. The Bertz CT molecular complexity index is 659. The van der Waals surface area contributed by atoms with Crippen LogP contribution in [0.2, 0.25) is 0 Å². The van der Waals surface area contributed by atoms with E-state index in [1.54, 1.807) is 10.7 Å². The molecule has 0 bridgehead atoms. The minimum Gasteiger partial charge on any atom is -0.486 e. The lowest BCUT2D eigenvalue weighted by molar-refractivity contribution is 0.171. The summed E-state index contributed by atoms with van der Waals surface area (Å²) in [6.45, 7) is 1.48. The molecule has 2 heterocycles. The Morgan fingerprint density at radius 2 is 2.05 bits per heavy atom. The van der Waals surface area contributed by atoms with Crippen molar-refractivity contribution < 1.29 is 9.47 Å². The van der Waals surface area contributed by atoms with Gasteiger partial charge >= 0.3 is 0 Å². The predicted molar refractivity (Wildman–Crippen MR) is 65.7 cm³/mol. The third kappa shape index (κ3) is 2.15. The molecule has 0 unspecified atom stereocenters. The van der Waals surface area contributed by atoms with E-state index >= 15 is 0 Å². The van der Waals surface area contributed by atoms with Gasteiger partial charge in [0.25, 0.3) is 5.82 Å². The van der Waals surface area contributed by atoms with E-state index in [0.717, 1.165) is 5.56 Å². The summed E-state index contributed by atoms with van der Waals surface area (Å²) in [5, 5.41) is 12.7. The molecule has 0 spiro atoms. The van der Waals surface area contributed by atoms with Crippen molar-refractivity contribution in [3.05, 3.63) is 29.8 Å². The molecule has 0 atom stereocenters. The molecule has 0 amide bonds. The van der Waals surface area contributed by atoms with E-state index in [9.17, 15) is 0 Å². The molecule has 0 fully saturated rings. The maximum absolute atomic E-state index is 8.68. The Labute approximate surface area is 109 Å². The van der Waals surface area contributed by atoms with Crippen LogP contribution in [0, 0.1) is 11.3 Å². The van der Waals surface area contributed by atoms with Gasteiger partial charge in [0, 0.05) is 17.3 Å². The van der Waals surface area contributed by atoms with Crippen LogP contribution in [-0.4, -0.2) is 28.0 Å². The van der Waals surface area contributed by atoms with Gasteiger partial charge in [-0.3, -0.25) is 0 Å². The molecule has 2 N–H and O–H groups in total. The summed E-state index contributed by atoms with van der Waals surface area (Å²) in [7, 11) is 0. The largest absolute Gasteiger partial charge is 0.486 e. The van der Waals surface area contributed by atoms with Crippen molar-refractivity contribution in [2.75, 3.05) is 18.9 Å². The van der Waals surface area contributed by atoms with Crippen molar-refractivity contribution in [2.45, 2.75) is 6.54 Å². The molecule has 19 heavy (non-hydrogen) atoms. The Kier molecular flexibility index (Phi) is 2.68. The van der Waals surface area contributed by atoms with E-state index in [-0.39, 0.29) is 5.82 Å². The third-order valence-electron chi connectivity index (χ3n) is 2.77. The topological polar surface area (TPSA) is 99.0 Å². The van der Waals surface area contributed by atoms with Crippen LogP contribution in [-0.2, 0) is 6.54 Å². The summed E-state index contributed by atoms with van der Waals surface area (Å²) in [6, 6.07) is 5.45. The van der Waals surface area contributed by atoms with E-state index in [1.165, 1.54) is 6.33 Å². The second kappa shape index (κ2) is 4.49. The lowest BCUT2D eigenvalue weighted by Crippen LogP contribution is -2.16. The van der Waals surface area contributed by atoms with Gasteiger partial charge in [-0.25, -0.2) is 9.67 Å². The molecular weight excluding hydrogens is 246 g/mol. The quantitative estimate of drug-likeness (QED) is 0.789. The van der Waals surface area contributed by atoms with Crippen LogP contribution in [0.25, 0.3) is 0 Å². The predicted octanol–water partition coefficient (Wildman–Crippen LogP) is 0.551. The molecule has 96 valence electrons. The van der Waals surface area contributed by atoms with E-state index < -0.39 is 0 Å². The second-order valence-corrected chi connectivity index (χ2v) is 4.07. The average Bonchev–Trinajstić information content (AvgIpc) is 2.87. The summed E-state index contributed by atoms with van der Waals surface area (Å²) in [6.07, 6.45) is 1.49. The molecule has 1 aliphatic heterocycles. The normalized spacial score (nSPS) is 13.0. The first kappa shape index (κ1) is 11.3. The summed E-state index contributed by atoms with van der Waals surface area (Å²) >= 11 is 0. The number of nitrogens with two attached hydrogens (primary N) is 1. The number of aromatic nitrogens is 3. The Morgan fingerprint density at radius 1 is 1.32 bits per heavy atom. The molecule has 7 nitrogen and oxygen atoms in total. The molecule has 0 saturated carbocycles. The number of hydrogen-bond donors (Lipinski definition) is 1. The van der Waals surface area contributed by atoms with Crippen molar-refractivity contribution in [3.8, 4) is 17.6 Å². The van der Waals surface area contributed by atoms with Crippen LogP contribution in [0.15, 0.2) is 18.5 Å². The molecule has 0 aliphatic carbocycles. The number of nitriles is 1. The highest BCUT2D eigenvalue weighted by atomic mass is 16.6. The fourth-order valence-corrected chi connectivity index (χ4v) is 1.88. The van der Waals surface area contributed by atoms with Gasteiger partial charge in [-0.05, 0) is 6.07 Å². The fraction of sp³-hybridized carbons (Fsp3) is 0.250. The smallest absolute Gasteiger partial charge is 0.252 e. The molecule has 1 aromatic carbocycles. The maximum atomic E-state index is 8.68. The van der Waals surface area contributed by atoms with Gasteiger partial charge < -0.3 is 15.2 Å². The zero-order valence-electron chi connectivity index (χ0n) is 10.0. The van der Waals surface area contributed by atoms with E-state index in [2.05, 4.69) is 10.1 Å². The highest BCUT2D eigenvalue weighted by Gasteiger charge is 2.15. The van der Waals surface area contributed by atoms with Crippen LogP contribution in [0.4, 0.5) is 5.69 Å². The number of ether oxygens (including phenoxy) is 2. The standard InChI is InChI=1S/C12H11N5O2/c13-5-12-15-7-17(16-12)6-8-3-10-11(4-9(8)14)19-2-1-18-10/h3-4,7H,1-2,6,14H2. The summed E-state index contributed by atoms with van der Waals surface area (Å²) in [4.78, 5) is 3.84. The van der Waals surface area contributed by atoms with Crippen LogP contribution in [0.5, 0.6) is 11.5 Å². The number of fused-ring (bicyclic) bond motifs is 1. The van der Waals surface area contributed by atoms with Gasteiger partial charge in [-0.1, -0.05) is 0 Å². The summed E-state index contributed by atoms with van der Waals surface area (Å²) in [5.74, 6) is 1.47. The monoisotopic (exact) mass is 257 g/mol. The van der Waals surface area contributed by atoms with Gasteiger partial charge in [0.2, 0.25) is 0 Å². The average molecular weight is 257 g/mol. The molecule has 7 heteroatoms. The van der Waals surface area contributed by atoms with Crippen LogP contribution < -0.4 is 15.2 Å². The van der Waals surface area contributed by atoms with Gasteiger partial charge in [-0.2, -0.15) is 5.26 Å². The van der Waals surface area contributed by atoms with Crippen LogP contribution in [0.1, 0.15) is 11.4 Å². The highest BCUT2D eigenvalue weighted by Crippen LogP contribution is 2.34. The Morgan fingerprint density at radius 3 is 2.74 bits per heavy atom. The first-order valence-corrected chi connectivity index (χ1v) is 5.74. The first-order valence-electron chi connectivity index (χ1n) is 5.74. The fourth-order valence-electron chi connectivity index (χ4n) is 1.88. The highest BCUT2D eigenvalue weighted by molar-refractivity contribution is 5.58. The van der Waals surface area contributed by atoms with Crippen molar-refractivity contribution in [2.24, 2.45) is 0 Å². The van der Waals surface area contributed by atoms with E-state index in [0.29, 0.717) is 36.9 Å². The van der Waals surface area contributed by atoms with Crippen molar-refractivity contribution >= 4 is 5.69 Å². The molecule has 0 radical (unpaired) electrons. The van der Waals surface area contributed by atoms with Gasteiger partial charge in [-0.15, -0.1) is 5.10 Å². The molecular formula is C12H11N5O2. The number of benzene rings is 1. The number of hydrogen-bond acceptors (Lipinski definition) is 6. The van der Waals surface area contributed by atoms with E-state index in [4.69, 9.17) is 20.5 Å². The zero-order valence-corrected chi connectivity index (χ0v) is 10.0. The molecule has 2 aromatic rings. The minimum atomic E-state index is 0.135. The number of nitrogen functional groups attached to an aromatic ring is 1. The number of anilines is 1. The number of rotatable bonds is 2. The lowest BCUT2D eigenvalue weighted by Gasteiger charge is -2.20. The molecule has 0 saturated heterocycles. The van der Waals surface area contributed by atoms with Crippen molar-refractivity contribution in [1.82, 2.24) is 14.8 Å². The molecule has 1 aliphatic rings. The SMILES string of the molecule is N#Cc1ncn(Cc2cc3c(cc2N)OCCO3)n1. The lowest BCUT2D eigenvalue weighted by atomic mass is 10.1. The minimum absolute atomic E-state index is 0.135. The van der Waals surface area contributed by atoms with Crippen LogP contribution in [0.3, 0.4) is 0 Å². The maximum Gasteiger partial charge on any atom is 0.252 e. The third-order valence-corrected chi connectivity index (χ3v) is 2.77. The van der Waals surface area contributed by atoms with Crippen molar-refractivity contribution in [1.29, 1.82) is 5.26 Å². The Hall–Kier alpha value is -2.75. The second-order valence-electron chi connectivity index (χ2n) is 4.07. The molecule has 1 aromatic heterocycles. The molecule has 3 rings (SSSR count). The van der Waals surface area contributed by atoms with Gasteiger partial charge in [0.05, 0.1) is 6.54 Å². The summed E-state index contributed by atoms with van der Waals surface area (Å²) < 4.78 is 12.5. The van der Waals surface area contributed by atoms with Gasteiger partial charge in [0.1, 0.15) is 25.6 Å². The Balaban J connectivity index is 1.90. The van der Waals surface area contributed by atoms with E-state index in [1.807, 2.05) is 12.1 Å². The van der Waals surface area contributed by atoms with Gasteiger partial charge in [0.15, 0.2) is 11.5 Å². The number of nitrogens with zero attached hydrogens (tertiary/aromatic N) is 4. The first-order chi connectivity index (χ1) is 9.26.